The molecule has 2 aromatic rings. The van der Waals surface area contributed by atoms with E-state index in [-0.39, 0.29) is 0 Å². The summed E-state index contributed by atoms with van der Waals surface area (Å²) in [5.74, 6) is 1.15. The first-order valence-electron chi connectivity index (χ1n) is 7.34. The molecule has 0 bridgehead atoms. The SMILES string of the molecule is CCCCCCCSc1nnc(SSc2ccc(Cl)cc2)s1. The molecular formula is C15H19ClN2S4. The van der Waals surface area contributed by atoms with Gasteiger partial charge >= 0.3 is 0 Å². The van der Waals surface area contributed by atoms with E-state index in [0.717, 1.165) is 19.5 Å². The average molecular weight is 391 g/mol. The Labute approximate surface area is 153 Å². The maximum Gasteiger partial charge on any atom is 0.186 e. The third-order valence-electron chi connectivity index (χ3n) is 2.88. The summed E-state index contributed by atoms with van der Waals surface area (Å²) in [6.07, 6.45) is 6.60. The van der Waals surface area contributed by atoms with Gasteiger partial charge in [0.05, 0.1) is 0 Å². The number of unbranched alkanes of at least 4 members (excludes halogenated alkanes) is 4. The molecule has 0 fully saturated rings. The molecule has 0 spiro atoms. The number of hydrogen-bond donors (Lipinski definition) is 0. The van der Waals surface area contributed by atoms with Gasteiger partial charge in [-0.2, -0.15) is 0 Å². The molecule has 0 radical (unpaired) electrons. The summed E-state index contributed by atoms with van der Waals surface area (Å²) in [6, 6.07) is 7.86. The molecule has 0 aliphatic rings. The molecule has 22 heavy (non-hydrogen) atoms. The van der Waals surface area contributed by atoms with Crippen LogP contribution in [-0.4, -0.2) is 16.0 Å². The van der Waals surface area contributed by atoms with Crippen molar-refractivity contribution < 1.29 is 0 Å². The Kier molecular flexibility index (Phi) is 9.07. The number of halogens is 1. The molecule has 0 unspecified atom stereocenters. The number of thioether (sulfide) groups is 1. The van der Waals surface area contributed by atoms with Crippen LogP contribution in [0.1, 0.15) is 39.0 Å². The minimum atomic E-state index is 0.767. The number of hydrogen-bond acceptors (Lipinski definition) is 6. The molecule has 0 atom stereocenters. The van der Waals surface area contributed by atoms with Crippen molar-refractivity contribution in [3.63, 3.8) is 0 Å². The summed E-state index contributed by atoms with van der Waals surface area (Å²) in [5.41, 5.74) is 0. The van der Waals surface area contributed by atoms with Crippen LogP contribution in [0, 0.1) is 0 Å². The molecule has 1 aromatic carbocycles. The molecule has 0 aliphatic heterocycles. The second-order valence-electron chi connectivity index (χ2n) is 4.72. The third kappa shape index (κ3) is 7.13. The zero-order valence-corrected chi connectivity index (χ0v) is 16.5. The zero-order valence-electron chi connectivity index (χ0n) is 12.5. The molecule has 120 valence electrons. The summed E-state index contributed by atoms with van der Waals surface area (Å²) >= 11 is 9.39. The highest BCUT2D eigenvalue weighted by Gasteiger charge is 2.06. The van der Waals surface area contributed by atoms with Gasteiger partial charge in [-0.25, -0.2) is 0 Å². The van der Waals surface area contributed by atoms with Crippen molar-refractivity contribution in [1.82, 2.24) is 10.2 Å². The fraction of sp³-hybridized carbons (Fsp3) is 0.467. The molecule has 7 heteroatoms. The van der Waals surface area contributed by atoms with Crippen molar-refractivity contribution in [2.75, 3.05) is 5.75 Å². The van der Waals surface area contributed by atoms with Gasteiger partial charge in [0.25, 0.3) is 0 Å². The van der Waals surface area contributed by atoms with Gasteiger partial charge in [-0.15, -0.1) is 10.2 Å². The molecule has 0 saturated carbocycles. The van der Waals surface area contributed by atoms with Crippen LogP contribution >= 0.6 is 56.3 Å². The minimum Gasteiger partial charge on any atom is -0.131 e. The van der Waals surface area contributed by atoms with E-state index in [0.29, 0.717) is 0 Å². The number of benzene rings is 1. The predicted molar refractivity (Wildman–Crippen MR) is 103 cm³/mol. The molecule has 0 amide bonds. The smallest absolute Gasteiger partial charge is 0.131 e. The normalized spacial score (nSPS) is 11.0. The van der Waals surface area contributed by atoms with Gasteiger partial charge in [0.15, 0.2) is 8.68 Å². The molecule has 1 aromatic heterocycles. The van der Waals surface area contributed by atoms with Crippen LogP contribution in [0.15, 0.2) is 37.8 Å². The second kappa shape index (κ2) is 10.8. The maximum atomic E-state index is 5.88. The van der Waals surface area contributed by atoms with E-state index < -0.39 is 0 Å². The Balaban J connectivity index is 1.66. The number of rotatable bonds is 10. The Morgan fingerprint density at radius 3 is 2.45 bits per heavy atom. The Bertz CT molecular complexity index is 545. The van der Waals surface area contributed by atoms with Gasteiger partial charge in [-0.3, -0.25) is 0 Å². The van der Waals surface area contributed by atoms with E-state index in [1.807, 2.05) is 36.0 Å². The van der Waals surface area contributed by atoms with Crippen molar-refractivity contribution in [2.45, 2.75) is 52.6 Å². The summed E-state index contributed by atoms with van der Waals surface area (Å²) < 4.78 is 2.09. The average Bonchev–Trinajstić information content (AvgIpc) is 2.98. The topological polar surface area (TPSA) is 25.8 Å². The lowest BCUT2D eigenvalue weighted by Crippen LogP contribution is -1.81. The lowest BCUT2D eigenvalue weighted by Gasteiger charge is -1.98. The van der Waals surface area contributed by atoms with Crippen LogP contribution in [-0.2, 0) is 0 Å². The fourth-order valence-electron chi connectivity index (χ4n) is 1.73. The quantitative estimate of drug-likeness (QED) is 0.246. The van der Waals surface area contributed by atoms with Crippen molar-refractivity contribution >= 4 is 56.3 Å². The first-order chi connectivity index (χ1) is 10.8. The van der Waals surface area contributed by atoms with E-state index in [4.69, 9.17) is 11.6 Å². The monoisotopic (exact) mass is 390 g/mol. The van der Waals surface area contributed by atoms with E-state index in [1.165, 1.54) is 37.0 Å². The highest BCUT2D eigenvalue weighted by atomic mass is 35.5. The van der Waals surface area contributed by atoms with Crippen molar-refractivity contribution in [3.05, 3.63) is 29.3 Å². The van der Waals surface area contributed by atoms with Crippen LogP contribution in [0.3, 0.4) is 0 Å². The molecule has 0 aliphatic carbocycles. The minimum absolute atomic E-state index is 0.767. The van der Waals surface area contributed by atoms with Crippen LogP contribution in [0.2, 0.25) is 5.02 Å². The van der Waals surface area contributed by atoms with Gasteiger partial charge in [0.2, 0.25) is 0 Å². The van der Waals surface area contributed by atoms with Crippen molar-refractivity contribution in [2.24, 2.45) is 0 Å². The first-order valence-corrected chi connectivity index (χ1v) is 11.7. The highest BCUT2D eigenvalue weighted by Crippen LogP contribution is 2.40. The first kappa shape index (κ1) is 18.5. The van der Waals surface area contributed by atoms with Crippen LogP contribution in [0.5, 0.6) is 0 Å². The summed E-state index contributed by atoms with van der Waals surface area (Å²) in [5, 5.41) is 9.26. The van der Waals surface area contributed by atoms with Crippen LogP contribution in [0.4, 0.5) is 0 Å². The van der Waals surface area contributed by atoms with Crippen LogP contribution in [0.25, 0.3) is 0 Å². The second-order valence-corrected chi connectivity index (χ2v) is 9.92. The van der Waals surface area contributed by atoms with Gasteiger partial charge in [-0.05, 0) is 41.5 Å². The predicted octanol–water partition coefficient (Wildman–Crippen LogP) is 7.05. The summed E-state index contributed by atoms with van der Waals surface area (Å²) in [4.78, 5) is 1.18. The van der Waals surface area contributed by atoms with Gasteiger partial charge in [0.1, 0.15) is 0 Å². The van der Waals surface area contributed by atoms with Crippen molar-refractivity contribution in [1.29, 1.82) is 0 Å². The van der Waals surface area contributed by atoms with E-state index in [9.17, 15) is 0 Å². The van der Waals surface area contributed by atoms with Gasteiger partial charge < -0.3 is 0 Å². The lowest BCUT2D eigenvalue weighted by molar-refractivity contribution is 0.659. The van der Waals surface area contributed by atoms with E-state index in [1.54, 1.807) is 32.9 Å². The molecular weight excluding hydrogens is 372 g/mol. The Morgan fingerprint density at radius 2 is 1.68 bits per heavy atom. The Hall–Kier alpha value is 0.120. The van der Waals surface area contributed by atoms with Gasteiger partial charge in [-0.1, -0.05) is 78.1 Å². The lowest BCUT2D eigenvalue weighted by atomic mass is 10.2. The Morgan fingerprint density at radius 1 is 0.955 bits per heavy atom. The summed E-state index contributed by atoms with van der Waals surface area (Å²) in [6.45, 7) is 2.25. The molecule has 2 nitrogen and oxygen atoms in total. The fourth-order valence-corrected chi connectivity index (χ4v) is 6.08. The van der Waals surface area contributed by atoms with Gasteiger partial charge in [0, 0.05) is 15.7 Å². The highest BCUT2D eigenvalue weighted by molar-refractivity contribution is 8.77. The molecule has 0 N–H and O–H groups in total. The number of nitrogens with zero attached hydrogens (tertiary/aromatic N) is 2. The molecule has 2 rings (SSSR count). The summed E-state index contributed by atoms with van der Waals surface area (Å²) in [7, 11) is 3.35. The standard InChI is InChI=1S/C15H19ClN2S4/c1-2-3-4-5-6-11-19-14-17-18-15(20-14)22-21-13-9-7-12(16)8-10-13/h7-10H,2-6,11H2,1H3. The maximum absolute atomic E-state index is 5.88. The third-order valence-corrected chi connectivity index (χ3v) is 7.96. The van der Waals surface area contributed by atoms with E-state index >= 15 is 0 Å². The van der Waals surface area contributed by atoms with Crippen LogP contribution < -0.4 is 0 Å². The zero-order chi connectivity index (χ0) is 15.6. The number of aromatic nitrogens is 2. The van der Waals surface area contributed by atoms with E-state index in [2.05, 4.69) is 17.1 Å². The molecule has 0 saturated heterocycles. The van der Waals surface area contributed by atoms with Crippen molar-refractivity contribution in [3.8, 4) is 0 Å². The molecule has 1 heterocycles. The largest absolute Gasteiger partial charge is 0.186 e.